The second kappa shape index (κ2) is 5.95. The van der Waals surface area contributed by atoms with Crippen molar-refractivity contribution in [2.24, 2.45) is 0 Å². The summed E-state index contributed by atoms with van der Waals surface area (Å²) in [5.41, 5.74) is 1.63. The molecule has 0 aliphatic rings. The molecule has 0 N–H and O–H groups in total. The van der Waals surface area contributed by atoms with Gasteiger partial charge >= 0.3 is 5.97 Å². The van der Waals surface area contributed by atoms with Crippen LogP contribution in [0.4, 0.5) is 0 Å². The van der Waals surface area contributed by atoms with Crippen LogP contribution in [0.3, 0.4) is 0 Å². The third-order valence-corrected chi connectivity index (χ3v) is 2.35. The minimum absolute atomic E-state index is 0.196. The molecule has 0 fully saturated rings. The predicted octanol–water partition coefficient (Wildman–Crippen LogP) is 2.47. The molecule has 0 amide bonds. The van der Waals surface area contributed by atoms with E-state index in [-0.39, 0.29) is 5.88 Å². The van der Waals surface area contributed by atoms with Crippen LogP contribution in [-0.4, -0.2) is 22.8 Å². The third-order valence-electron chi connectivity index (χ3n) is 2.35. The molecule has 2 rings (SSSR count). The molecule has 0 spiro atoms. The van der Waals surface area contributed by atoms with Gasteiger partial charge in [-0.1, -0.05) is 0 Å². The molecule has 0 atom stereocenters. The molecule has 19 heavy (non-hydrogen) atoms. The third kappa shape index (κ3) is 3.51. The first kappa shape index (κ1) is 13.0. The van der Waals surface area contributed by atoms with E-state index in [1.807, 2.05) is 31.2 Å². The summed E-state index contributed by atoms with van der Waals surface area (Å²) >= 11 is 0. The van der Waals surface area contributed by atoms with E-state index in [4.69, 9.17) is 9.47 Å². The van der Waals surface area contributed by atoms with Crippen molar-refractivity contribution in [2.75, 3.05) is 6.61 Å². The minimum Gasteiger partial charge on any atom is -0.494 e. The van der Waals surface area contributed by atoms with Gasteiger partial charge in [-0.05, 0) is 37.3 Å². The summed E-state index contributed by atoms with van der Waals surface area (Å²) in [6, 6.07) is 10.9. The molecule has 5 heteroatoms. The number of carbonyl (C=O) groups excluding carboxylic acids is 1. The lowest BCUT2D eigenvalue weighted by Crippen LogP contribution is -2.03. The number of rotatable bonds is 4. The Morgan fingerprint density at radius 1 is 1.11 bits per heavy atom. The molecule has 0 saturated heterocycles. The van der Waals surface area contributed by atoms with Crippen molar-refractivity contribution >= 4 is 5.97 Å². The molecule has 0 bridgehead atoms. The Bertz CT molecular complexity index is 550. The Balaban J connectivity index is 2.15. The van der Waals surface area contributed by atoms with Gasteiger partial charge in [-0.3, -0.25) is 4.79 Å². The molecule has 1 aromatic carbocycles. The summed E-state index contributed by atoms with van der Waals surface area (Å²) in [6.07, 6.45) is 0. The number of aromatic nitrogens is 2. The molecule has 0 unspecified atom stereocenters. The van der Waals surface area contributed by atoms with Crippen LogP contribution < -0.4 is 9.47 Å². The zero-order valence-electron chi connectivity index (χ0n) is 10.8. The van der Waals surface area contributed by atoms with Crippen molar-refractivity contribution in [2.45, 2.75) is 13.8 Å². The van der Waals surface area contributed by atoms with Crippen LogP contribution in [0.5, 0.6) is 11.6 Å². The van der Waals surface area contributed by atoms with Crippen LogP contribution in [0.25, 0.3) is 11.3 Å². The number of hydrogen-bond donors (Lipinski definition) is 0. The number of esters is 1. The first-order valence-electron chi connectivity index (χ1n) is 5.94. The summed E-state index contributed by atoms with van der Waals surface area (Å²) in [4.78, 5) is 10.8. The summed E-state index contributed by atoms with van der Waals surface area (Å²) < 4.78 is 10.2. The van der Waals surface area contributed by atoms with Gasteiger partial charge in [-0.2, -0.15) is 0 Å². The van der Waals surface area contributed by atoms with Crippen LogP contribution in [0, 0.1) is 0 Å². The number of benzene rings is 1. The summed E-state index contributed by atoms with van der Waals surface area (Å²) in [6.45, 7) is 3.89. The van der Waals surface area contributed by atoms with Crippen molar-refractivity contribution < 1.29 is 14.3 Å². The van der Waals surface area contributed by atoms with E-state index in [0.29, 0.717) is 12.3 Å². The van der Waals surface area contributed by atoms with Gasteiger partial charge in [0.15, 0.2) is 0 Å². The maximum absolute atomic E-state index is 10.8. The molecule has 1 aromatic heterocycles. The van der Waals surface area contributed by atoms with E-state index in [2.05, 4.69) is 10.2 Å². The predicted molar refractivity (Wildman–Crippen MR) is 69.9 cm³/mol. The van der Waals surface area contributed by atoms with Gasteiger partial charge in [-0.15, -0.1) is 10.2 Å². The lowest BCUT2D eigenvalue weighted by Gasteiger charge is -2.05. The van der Waals surface area contributed by atoms with Gasteiger partial charge in [-0.25, -0.2) is 0 Å². The number of ether oxygens (including phenoxy) is 2. The molecule has 1 heterocycles. The van der Waals surface area contributed by atoms with Crippen molar-refractivity contribution in [1.82, 2.24) is 10.2 Å². The molecular weight excluding hydrogens is 244 g/mol. The molecule has 0 aliphatic heterocycles. The summed E-state index contributed by atoms with van der Waals surface area (Å²) in [5.74, 6) is 0.598. The van der Waals surface area contributed by atoms with Crippen molar-refractivity contribution in [3.8, 4) is 22.9 Å². The Morgan fingerprint density at radius 2 is 1.84 bits per heavy atom. The van der Waals surface area contributed by atoms with Gasteiger partial charge < -0.3 is 9.47 Å². The Kier molecular flexibility index (Phi) is 4.07. The highest BCUT2D eigenvalue weighted by molar-refractivity contribution is 5.68. The molecule has 0 aliphatic carbocycles. The van der Waals surface area contributed by atoms with E-state index in [1.165, 1.54) is 6.92 Å². The first-order chi connectivity index (χ1) is 9.19. The van der Waals surface area contributed by atoms with Gasteiger partial charge in [0.1, 0.15) is 5.75 Å². The molecular formula is C14H14N2O3. The van der Waals surface area contributed by atoms with Crippen LogP contribution in [0.15, 0.2) is 36.4 Å². The van der Waals surface area contributed by atoms with E-state index in [9.17, 15) is 4.79 Å². The highest BCUT2D eigenvalue weighted by Crippen LogP contribution is 2.21. The lowest BCUT2D eigenvalue weighted by molar-refractivity contribution is -0.132. The van der Waals surface area contributed by atoms with Gasteiger partial charge in [0, 0.05) is 18.6 Å². The van der Waals surface area contributed by atoms with Crippen LogP contribution in [-0.2, 0) is 4.79 Å². The second-order valence-corrected chi connectivity index (χ2v) is 3.81. The van der Waals surface area contributed by atoms with Crippen molar-refractivity contribution in [1.29, 1.82) is 0 Å². The Morgan fingerprint density at radius 3 is 2.37 bits per heavy atom. The maximum atomic E-state index is 10.8. The maximum Gasteiger partial charge on any atom is 0.309 e. The van der Waals surface area contributed by atoms with E-state index >= 15 is 0 Å². The van der Waals surface area contributed by atoms with Crippen LogP contribution >= 0.6 is 0 Å². The highest BCUT2D eigenvalue weighted by atomic mass is 16.5. The number of hydrogen-bond acceptors (Lipinski definition) is 5. The normalized spacial score (nSPS) is 10.0. The Hall–Kier alpha value is -2.43. The fourth-order valence-electron chi connectivity index (χ4n) is 1.56. The molecule has 0 saturated carbocycles. The summed E-state index contributed by atoms with van der Waals surface area (Å²) in [7, 11) is 0. The lowest BCUT2D eigenvalue weighted by atomic mass is 10.1. The average Bonchev–Trinajstić information content (AvgIpc) is 2.40. The topological polar surface area (TPSA) is 61.3 Å². The van der Waals surface area contributed by atoms with Crippen LogP contribution in [0.1, 0.15) is 13.8 Å². The first-order valence-corrected chi connectivity index (χ1v) is 5.94. The standard InChI is InChI=1S/C14H14N2O3/c1-3-18-12-6-4-11(5-7-12)13-8-9-14(16-15-13)19-10(2)17/h4-9H,3H2,1-2H3. The van der Waals surface area contributed by atoms with Crippen molar-refractivity contribution in [3.05, 3.63) is 36.4 Å². The highest BCUT2D eigenvalue weighted by Gasteiger charge is 2.04. The molecule has 2 aromatic rings. The Labute approximate surface area is 111 Å². The fourth-order valence-corrected chi connectivity index (χ4v) is 1.56. The van der Waals surface area contributed by atoms with Gasteiger partial charge in [0.25, 0.3) is 0 Å². The van der Waals surface area contributed by atoms with Gasteiger partial charge in [0.05, 0.1) is 12.3 Å². The fraction of sp³-hybridized carbons (Fsp3) is 0.214. The SMILES string of the molecule is CCOc1ccc(-c2ccc(OC(C)=O)nn2)cc1. The largest absolute Gasteiger partial charge is 0.494 e. The van der Waals surface area contributed by atoms with Crippen LogP contribution in [0.2, 0.25) is 0 Å². The zero-order valence-corrected chi connectivity index (χ0v) is 10.8. The quantitative estimate of drug-likeness (QED) is 0.788. The van der Waals surface area contributed by atoms with E-state index in [1.54, 1.807) is 12.1 Å². The number of carbonyl (C=O) groups is 1. The second-order valence-electron chi connectivity index (χ2n) is 3.81. The van der Waals surface area contributed by atoms with E-state index in [0.717, 1.165) is 11.3 Å². The monoisotopic (exact) mass is 258 g/mol. The number of nitrogens with zero attached hydrogens (tertiary/aromatic N) is 2. The van der Waals surface area contributed by atoms with Gasteiger partial charge in [0.2, 0.25) is 5.88 Å². The molecule has 5 nitrogen and oxygen atoms in total. The smallest absolute Gasteiger partial charge is 0.309 e. The molecule has 0 radical (unpaired) electrons. The zero-order chi connectivity index (χ0) is 13.7. The molecule has 98 valence electrons. The van der Waals surface area contributed by atoms with E-state index < -0.39 is 5.97 Å². The minimum atomic E-state index is -0.414. The van der Waals surface area contributed by atoms with Crippen molar-refractivity contribution in [3.63, 3.8) is 0 Å². The average molecular weight is 258 g/mol. The summed E-state index contributed by atoms with van der Waals surface area (Å²) in [5, 5.41) is 7.84.